The van der Waals surface area contributed by atoms with Crippen LogP contribution in [-0.2, 0) is 4.74 Å². The zero-order valence-electron chi connectivity index (χ0n) is 9.57. The molecule has 1 amide bonds. The Hall–Kier alpha value is -0.660. The fraction of sp³-hybridized carbons (Fsp3) is 0.417. The van der Waals surface area contributed by atoms with Crippen LogP contribution in [0.3, 0.4) is 0 Å². The van der Waals surface area contributed by atoms with Gasteiger partial charge < -0.3 is 15.4 Å². The molecule has 0 aliphatic carbocycles. The van der Waals surface area contributed by atoms with Crippen LogP contribution in [-0.4, -0.2) is 38.3 Å². The third kappa shape index (κ3) is 2.97. The van der Waals surface area contributed by atoms with E-state index in [4.69, 9.17) is 4.74 Å². The van der Waals surface area contributed by atoms with Gasteiger partial charge in [-0.3, -0.25) is 4.79 Å². The Balaban J connectivity index is 2.04. The average molecular weight is 346 g/mol. The summed E-state index contributed by atoms with van der Waals surface area (Å²) in [6, 6.07) is 7.60. The van der Waals surface area contributed by atoms with Crippen molar-refractivity contribution in [3.05, 3.63) is 33.4 Å². The Labute approximate surface area is 114 Å². The van der Waals surface area contributed by atoms with E-state index in [1.165, 1.54) is 0 Å². The van der Waals surface area contributed by atoms with Crippen LogP contribution in [0.2, 0.25) is 0 Å². The maximum absolute atomic E-state index is 12.1. The van der Waals surface area contributed by atoms with Crippen molar-refractivity contribution in [2.45, 2.75) is 12.1 Å². The van der Waals surface area contributed by atoms with E-state index in [0.717, 1.165) is 22.2 Å². The molecule has 1 aromatic rings. The zero-order chi connectivity index (χ0) is 12.3. The second-order valence-electron chi connectivity index (χ2n) is 3.99. The predicted octanol–water partition coefficient (Wildman–Crippen LogP) is 1.01. The monoisotopic (exact) mass is 346 g/mol. The average Bonchev–Trinajstić information content (AvgIpc) is 2.76. The number of rotatable bonds is 3. The van der Waals surface area contributed by atoms with Gasteiger partial charge in [0.05, 0.1) is 17.7 Å². The fourth-order valence-corrected chi connectivity index (χ4v) is 2.57. The topological polar surface area (TPSA) is 50.4 Å². The van der Waals surface area contributed by atoms with Crippen LogP contribution >= 0.6 is 22.6 Å². The van der Waals surface area contributed by atoms with Gasteiger partial charge in [-0.05, 0) is 34.7 Å². The molecule has 0 saturated carbocycles. The molecule has 0 aromatic heterocycles. The molecule has 2 N–H and O–H groups in total. The van der Waals surface area contributed by atoms with Crippen molar-refractivity contribution in [2.24, 2.45) is 0 Å². The molecule has 0 spiro atoms. The first-order valence-electron chi connectivity index (χ1n) is 5.51. The van der Waals surface area contributed by atoms with Crippen molar-refractivity contribution in [2.75, 3.05) is 20.2 Å². The molecule has 4 nitrogen and oxygen atoms in total. The molecule has 92 valence electrons. The number of hydrogen-bond acceptors (Lipinski definition) is 3. The number of amides is 1. The minimum Gasteiger partial charge on any atom is -0.378 e. The Morgan fingerprint density at radius 3 is 2.94 bits per heavy atom. The van der Waals surface area contributed by atoms with Crippen molar-refractivity contribution < 1.29 is 9.53 Å². The number of carbonyl (C=O) groups excluding carboxylic acids is 1. The lowest BCUT2D eigenvalue weighted by molar-refractivity contribution is 0.0779. The minimum atomic E-state index is -0.0363. The first-order chi connectivity index (χ1) is 8.22. The molecule has 0 radical (unpaired) electrons. The second kappa shape index (κ2) is 5.79. The van der Waals surface area contributed by atoms with Crippen molar-refractivity contribution in [3.8, 4) is 0 Å². The summed E-state index contributed by atoms with van der Waals surface area (Å²) in [6.07, 6.45) is 0.0559. The Morgan fingerprint density at radius 2 is 2.24 bits per heavy atom. The Bertz CT molecular complexity index is 411. The van der Waals surface area contributed by atoms with E-state index in [2.05, 4.69) is 33.2 Å². The van der Waals surface area contributed by atoms with Crippen molar-refractivity contribution in [3.63, 3.8) is 0 Å². The van der Waals surface area contributed by atoms with Crippen LogP contribution in [0.5, 0.6) is 0 Å². The number of hydrogen-bond donors (Lipinski definition) is 2. The van der Waals surface area contributed by atoms with Gasteiger partial charge in [0.15, 0.2) is 0 Å². The van der Waals surface area contributed by atoms with Gasteiger partial charge in [-0.2, -0.15) is 0 Å². The van der Waals surface area contributed by atoms with Crippen LogP contribution < -0.4 is 10.6 Å². The summed E-state index contributed by atoms with van der Waals surface area (Å²) in [5.41, 5.74) is 0.717. The summed E-state index contributed by atoms with van der Waals surface area (Å²) >= 11 is 2.17. The van der Waals surface area contributed by atoms with Gasteiger partial charge in [-0.15, -0.1) is 0 Å². The SMILES string of the molecule is CO[C@@H]1CNCC1NC(=O)c1ccccc1I. The van der Waals surface area contributed by atoms with Crippen LogP contribution in [0.25, 0.3) is 0 Å². The summed E-state index contributed by atoms with van der Waals surface area (Å²) in [6.45, 7) is 1.54. The molecule has 1 aliphatic heterocycles. The van der Waals surface area contributed by atoms with Gasteiger partial charge >= 0.3 is 0 Å². The van der Waals surface area contributed by atoms with E-state index in [1.54, 1.807) is 7.11 Å². The molecule has 17 heavy (non-hydrogen) atoms. The fourth-order valence-electron chi connectivity index (χ4n) is 1.94. The zero-order valence-corrected chi connectivity index (χ0v) is 11.7. The lowest BCUT2D eigenvalue weighted by atomic mass is 10.1. The molecule has 1 aliphatic rings. The summed E-state index contributed by atoms with van der Waals surface area (Å²) in [7, 11) is 1.67. The number of ether oxygens (including phenoxy) is 1. The highest BCUT2D eigenvalue weighted by molar-refractivity contribution is 14.1. The van der Waals surface area contributed by atoms with E-state index < -0.39 is 0 Å². The van der Waals surface area contributed by atoms with Crippen LogP contribution in [0.4, 0.5) is 0 Å². The maximum Gasteiger partial charge on any atom is 0.252 e. The van der Waals surface area contributed by atoms with Gasteiger partial charge in [-0.25, -0.2) is 0 Å². The summed E-state index contributed by atoms with van der Waals surface area (Å²) in [5, 5.41) is 6.21. The minimum absolute atomic E-state index is 0.0363. The van der Waals surface area contributed by atoms with Gasteiger partial charge in [0.1, 0.15) is 0 Å². The summed E-state index contributed by atoms with van der Waals surface area (Å²) in [5.74, 6) is -0.0363. The van der Waals surface area contributed by atoms with Crippen LogP contribution in [0.1, 0.15) is 10.4 Å². The molecule has 1 aromatic carbocycles. The van der Waals surface area contributed by atoms with Crippen molar-refractivity contribution in [1.82, 2.24) is 10.6 Å². The molecule has 2 atom stereocenters. The Morgan fingerprint density at radius 1 is 1.47 bits per heavy atom. The molecular formula is C12H15IN2O2. The number of benzene rings is 1. The third-order valence-corrected chi connectivity index (χ3v) is 3.84. The molecule has 1 heterocycles. The quantitative estimate of drug-likeness (QED) is 0.804. The highest BCUT2D eigenvalue weighted by atomic mass is 127. The molecule has 1 saturated heterocycles. The number of carbonyl (C=O) groups is 1. The maximum atomic E-state index is 12.1. The number of nitrogens with one attached hydrogen (secondary N) is 2. The third-order valence-electron chi connectivity index (χ3n) is 2.90. The van der Waals surface area contributed by atoms with E-state index in [0.29, 0.717) is 0 Å². The van der Waals surface area contributed by atoms with Crippen LogP contribution in [0.15, 0.2) is 24.3 Å². The smallest absolute Gasteiger partial charge is 0.252 e. The largest absolute Gasteiger partial charge is 0.378 e. The van der Waals surface area contributed by atoms with Gasteiger partial charge in [0, 0.05) is 23.8 Å². The standard InChI is InChI=1S/C12H15IN2O2/c1-17-11-7-14-6-10(11)15-12(16)8-4-2-3-5-9(8)13/h2-5,10-11,14H,6-7H2,1H3,(H,15,16)/t10?,11-/m1/s1. The second-order valence-corrected chi connectivity index (χ2v) is 5.15. The van der Waals surface area contributed by atoms with Crippen molar-refractivity contribution >= 4 is 28.5 Å². The molecular weight excluding hydrogens is 331 g/mol. The van der Waals surface area contributed by atoms with Gasteiger partial charge in [0.25, 0.3) is 5.91 Å². The van der Waals surface area contributed by atoms with E-state index in [1.807, 2.05) is 24.3 Å². The first-order valence-corrected chi connectivity index (χ1v) is 6.59. The van der Waals surface area contributed by atoms with E-state index in [9.17, 15) is 4.79 Å². The lowest BCUT2D eigenvalue weighted by Gasteiger charge is -2.18. The van der Waals surface area contributed by atoms with Gasteiger partial charge in [0.2, 0.25) is 0 Å². The normalized spacial score (nSPS) is 23.6. The van der Waals surface area contributed by atoms with Crippen molar-refractivity contribution in [1.29, 1.82) is 0 Å². The number of halogens is 1. The number of methoxy groups -OCH3 is 1. The first kappa shape index (κ1) is 12.8. The molecule has 0 bridgehead atoms. The van der Waals surface area contributed by atoms with Gasteiger partial charge in [-0.1, -0.05) is 12.1 Å². The summed E-state index contributed by atoms with van der Waals surface area (Å²) < 4.78 is 6.27. The highest BCUT2D eigenvalue weighted by Crippen LogP contribution is 2.12. The molecule has 5 heteroatoms. The molecule has 2 rings (SSSR count). The Kier molecular flexibility index (Phi) is 4.36. The highest BCUT2D eigenvalue weighted by Gasteiger charge is 2.28. The lowest BCUT2D eigenvalue weighted by Crippen LogP contribution is -2.43. The predicted molar refractivity (Wildman–Crippen MR) is 74.1 cm³/mol. The molecule has 1 fully saturated rings. The van der Waals surface area contributed by atoms with E-state index in [-0.39, 0.29) is 18.1 Å². The summed E-state index contributed by atoms with van der Waals surface area (Å²) in [4.78, 5) is 12.1. The molecule has 1 unspecified atom stereocenters. The van der Waals surface area contributed by atoms with Crippen LogP contribution in [0, 0.1) is 3.57 Å². The van der Waals surface area contributed by atoms with E-state index >= 15 is 0 Å².